The number of anilines is 2. The molecule has 3 aromatic rings. The maximum atomic E-state index is 13.4. The number of carbonyl (C=O) groups is 1. The molecule has 196 valence electrons. The smallest absolute Gasteiger partial charge is 0.254 e. The lowest BCUT2D eigenvalue weighted by molar-refractivity contribution is 0.0775. The van der Waals surface area contributed by atoms with E-state index in [1.165, 1.54) is 0 Å². The predicted octanol–water partition coefficient (Wildman–Crippen LogP) is 2.84. The van der Waals surface area contributed by atoms with E-state index in [0.717, 1.165) is 75.2 Å². The second-order valence-electron chi connectivity index (χ2n) is 10.8. The summed E-state index contributed by atoms with van der Waals surface area (Å²) in [6.45, 7) is 7.26. The molecular weight excluding hydrogens is 468 g/mol. The number of ether oxygens (including phenoxy) is 1. The van der Waals surface area contributed by atoms with Crippen molar-refractivity contribution in [3.63, 3.8) is 0 Å². The fourth-order valence-electron chi connectivity index (χ4n) is 5.67. The summed E-state index contributed by atoms with van der Waals surface area (Å²) in [6, 6.07) is 5.86. The molecule has 1 saturated carbocycles. The lowest BCUT2D eigenvalue weighted by Crippen LogP contribution is -2.32. The van der Waals surface area contributed by atoms with Crippen molar-refractivity contribution in [2.75, 3.05) is 50.8 Å². The normalized spacial score (nSPS) is 21.5. The molecule has 1 aliphatic carbocycles. The number of likely N-dealkylation sites (tertiary alicyclic amines) is 2. The molecule has 10 heteroatoms. The molecule has 0 bridgehead atoms. The lowest BCUT2D eigenvalue weighted by Gasteiger charge is -2.20. The van der Waals surface area contributed by atoms with E-state index >= 15 is 0 Å². The van der Waals surface area contributed by atoms with Crippen molar-refractivity contribution in [1.29, 1.82) is 0 Å². The number of hydrogen-bond donors (Lipinski definition) is 2. The van der Waals surface area contributed by atoms with Crippen molar-refractivity contribution in [2.45, 2.75) is 45.3 Å². The van der Waals surface area contributed by atoms with E-state index in [9.17, 15) is 4.79 Å². The molecule has 0 spiro atoms. The third-order valence-electron chi connectivity index (χ3n) is 7.74. The van der Waals surface area contributed by atoms with E-state index in [2.05, 4.69) is 39.3 Å². The van der Waals surface area contributed by atoms with Gasteiger partial charge in [-0.1, -0.05) is 19.4 Å². The van der Waals surface area contributed by atoms with E-state index in [0.29, 0.717) is 35.3 Å². The van der Waals surface area contributed by atoms with Crippen molar-refractivity contribution < 1.29 is 9.53 Å². The Morgan fingerprint density at radius 1 is 1.16 bits per heavy atom. The van der Waals surface area contributed by atoms with Crippen LogP contribution >= 0.6 is 0 Å². The fraction of sp³-hybridized carbons (Fsp3) is 0.556. The standard InChI is InChI=1S/C27H36N8O2/c1-3-4-9-29-25-24-22(31-27(28)32-25)11-30-35(24)16-18-6-5-17(10-23(18)37-21-7-8-21)26(36)34-14-19-12-33(2)13-20(19)15-34/h5-6,10-11,19-21H,3-4,7-9,12-16H2,1-2H3,(H3,28,29,31,32)/t19-,20+. The minimum atomic E-state index is 0.0973. The van der Waals surface area contributed by atoms with Gasteiger partial charge in [0.2, 0.25) is 5.95 Å². The summed E-state index contributed by atoms with van der Waals surface area (Å²) >= 11 is 0. The number of rotatable bonds is 9. The summed E-state index contributed by atoms with van der Waals surface area (Å²) in [7, 11) is 2.17. The molecule has 2 atom stereocenters. The molecule has 0 radical (unpaired) electrons. The van der Waals surface area contributed by atoms with Crippen molar-refractivity contribution in [1.82, 2.24) is 29.5 Å². The zero-order chi connectivity index (χ0) is 25.5. The maximum absolute atomic E-state index is 13.4. The van der Waals surface area contributed by atoms with Gasteiger partial charge < -0.3 is 25.6 Å². The SMILES string of the molecule is CCCCNc1nc(N)nc2cnn(Cc3ccc(C(=O)N4C[C@H]5CN(C)C[C@H]5C4)cc3OC3CC3)c12. The second-order valence-corrected chi connectivity index (χ2v) is 10.8. The minimum Gasteiger partial charge on any atom is -0.490 e. The molecular formula is C27H36N8O2. The van der Waals surface area contributed by atoms with Gasteiger partial charge in [-0.15, -0.1) is 0 Å². The molecule has 2 aromatic heterocycles. The van der Waals surface area contributed by atoms with Crippen LogP contribution in [0.2, 0.25) is 0 Å². The molecule has 3 N–H and O–H groups in total. The first-order valence-corrected chi connectivity index (χ1v) is 13.5. The van der Waals surface area contributed by atoms with Crippen LogP contribution < -0.4 is 15.8 Å². The zero-order valence-corrected chi connectivity index (χ0v) is 21.7. The lowest BCUT2D eigenvalue weighted by atomic mass is 10.0. The predicted molar refractivity (Wildman–Crippen MR) is 143 cm³/mol. The third-order valence-corrected chi connectivity index (χ3v) is 7.74. The quantitative estimate of drug-likeness (QED) is 0.428. The van der Waals surface area contributed by atoms with Crippen molar-refractivity contribution in [3.8, 4) is 5.75 Å². The number of amides is 1. The second kappa shape index (κ2) is 9.81. The number of carbonyl (C=O) groups excluding carboxylic acids is 1. The van der Waals surface area contributed by atoms with Crippen LogP contribution in [0.4, 0.5) is 11.8 Å². The Hall–Kier alpha value is -3.40. The fourth-order valence-corrected chi connectivity index (χ4v) is 5.67. The number of aromatic nitrogens is 4. The van der Waals surface area contributed by atoms with Crippen LogP contribution in [0.1, 0.15) is 48.5 Å². The minimum absolute atomic E-state index is 0.0973. The monoisotopic (exact) mass is 504 g/mol. The molecule has 10 nitrogen and oxygen atoms in total. The van der Waals surface area contributed by atoms with Gasteiger partial charge in [0.15, 0.2) is 5.82 Å². The molecule has 1 aromatic carbocycles. The van der Waals surface area contributed by atoms with Crippen LogP contribution in [0.5, 0.6) is 5.75 Å². The number of nitrogens with zero attached hydrogens (tertiary/aromatic N) is 6. The van der Waals surface area contributed by atoms with Gasteiger partial charge in [0.05, 0.1) is 18.8 Å². The number of nitrogen functional groups attached to an aromatic ring is 1. The number of fused-ring (bicyclic) bond motifs is 2. The van der Waals surface area contributed by atoms with Crippen LogP contribution in [0, 0.1) is 11.8 Å². The number of hydrogen-bond acceptors (Lipinski definition) is 8. The molecule has 3 aliphatic rings. The number of nitrogens with one attached hydrogen (secondary N) is 1. The molecule has 3 fully saturated rings. The van der Waals surface area contributed by atoms with E-state index in [1.54, 1.807) is 6.20 Å². The van der Waals surface area contributed by atoms with Crippen molar-refractivity contribution in [3.05, 3.63) is 35.5 Å². The van der Waals surface area contributed by atoms with Crippen LogP contribution in [0.25, 0.3) is 11.0 Å². The van der Waals surface area contributed by atoms with Gasteiger partial charge in [0.1, 0.15) is 16.8 Å². The van der Waals surface area contributed by atoms with Gasteiger partial charge in [-0.2, -0.15) is 10.1 Å². The summed E-state index contributed by atoms with van der Waals surface area (Å²) in [5.74, 6) is 2.94. The average molecular weight is 505 g/mol. The highest BCUT2D eigenvalue weighted by Gasteiger charge is 2.40. The highest BCUT2D eigenvalue weighted by Crippen LogP contribution is 2.34. The third kappa shape index (κ3) is 4.94. The number of benzene rings is 1. The summed E-state index contributed by atoms with van der Waals surface area (Å²) in [4.78, 5) is 26.6. The van der Waals surface area contributed by atoms with Gasteiger partial charge >= 0.3 is 0 Å². The van der Waals surface area contributed by atoms with E-state index < -0.39 is 0 Å². The zero-order valence-electron chi connectivity index (χ0n) is 21.7. The largest absolute Gasteiger partial charge is 0.490 e. The topological polar surface area (TPSA) is 114 Å². The Kier molecular flexibility index (Phi) is 6.36. The Morgan fingerprint density at radius 3 is 2.68 bits per heavy atom. The Morgan fingerprint density at radius 2 is 1.95 bits per heavy atom. The molecule has 2 saturated heterocycles. The maximum Gasteiger partial charge on any atom is 0.254 e. The highest BCUT2D eigenvalue weighted by atomic mass is 16.5. The number of nitrogens with two attached hydrogens (primary N) is 1. The van der Waals surface area contributed by atoms with Gasteiger partial charge in [-0.3, -0.25) is 9.48 Å². The van der Waals surface area contributed by atoms with E-state index in [4.69, 9.17) is 10.5 Å². The number of unbranched alkanes of at least 4 members (excludes halogenated alkanes) is 1. The first-order chi connectivity index (χ1) is 18.0. The van der Waals surface area contributed by atoms with Crippen LogP contribution in [0.15, 0.2) is 24.4 Å². The molecule has 37 heavy (non-hydrogen) atoms. The summed E-state index contributed by atoms with van der Waals surface area (Å²) < 4.78 is 8.19. The molecule has 6 rings (SSSR count). The first kappa shape index (κ1) is 24.0. The van der Waals surface area contributed by atoms with E-state index in [1.807, 2.05) is 27.8 Å². The molecule has 1 amide bonds. The molecule has 0 unspecified atom stereocenters. The summed E-state index contributed by atoms with van der Waals surface area (Å²) in [5.41, 5.74) is 9.14. The van der Waals surface area contributed by atoms with Crippen LogP contribution in [-0.2, 0) is 6.54 Å². The summed E-state index contributed by atoms with van der Waals surface area (Å²) in [5, 5.41) is 8.00. The summed E-state index contributed by atoms with van der Waals surface area (Å²) in [6.07, 6.45) is 6.14. The average Bonchev–Trinajstić information content (AvgIpc) is 3.30. The Labute approximate surface area is 217 Å². The molecule has 2 aliphatic heterocycles. The molecule has 4 heterocycles. The van der Waals surface area contributed by atoms with Crippen molar-refractivity contribution in [2.24, 2.45) is 11.8 Å². The van der Waals surface area contributed by atoms with Gasteiger partial charge in [-0.25, -0.2) is 4.98 Å². The van der Waals surface area contributed by atoms with Crippen LogP contribution in [-0.4, -0.2) is 81.3 Å². The first-order valence-electron chi connectivity index (χ1n) is 13.5. The van der Waals surface area contributed by atoms with Gasteiger partial charge in [-0.05, 0) is 50.3 Å². The van der Waals surface area contributed by atoms with Crippen LogP contribution in [0.3, 0.4) is 0 Å². The van der Waals surface area contributed by atoms with Gasteiger partial charge in [0.25, 0.3) is 5.91 Å². The van der Waals surface area contributed by atoms with E-state index in [-0.39, 0.29) is 18.0 Å². The highest BCUT2D eigenvalue weighted by molar-refractivity contribution is 5.95. The van der Waals surface area contributed by atoms with Gasteiger partial charge in [0, 0.05) is 43.9 Å². The Bertz CT molecular complexity index is 1290. The Balaban J connectivity index is 1.26. The van der Waals surface area contributed by atoms with Crippen molar-refractivity contribution >= 4 is 28.7 Å².